The van der Waals surface area contributed by atoms with E-state index in [-0.39, 0.29) is 11.9 Å². The van der Waals surface area contributed by atoms with Crippen LogP contribution in [0, 0.1) is 6.92 Å². The number of fused-ring (bicyclic) bond motifs is 1. The molecule has 0 atom stereocenters. The molecule has 1 amide bonds. The summed E-state index contributed by atoms with van der Waals surface area (Å²) >= 11 is 0. The van der Waals surface area contributed by atoms with E-state index in [0.29, 0.717) is 39.0 Å². The van der Waals surface area contributed by atoms with Crippen LogP contribution in [0.25, 0.3) is 11.1 Å². The number of nitrogens with zero attached hydrogens (tertiary/aromatic N) is 5. The molecule has 2 aliphatic rings. The van der Waals surface area contributed by atoms with Crippen LogP contribution in [0.1, 0.15) is 29.5 Å². The fourth-order valence-electron chi connectivity index (χ4n) is 4.94. The monoisotopic (exact) mass is 489 g/mol. The molecule has 0 aliphatic carbocycles. The van der Waals surface area contributed by atoms with Crippen LogP contribution in [0.5, 0.6) is 0 Å². The summed E-state index contributed by atoms with van der Waals surface area (Å²) < 4.78 is 12.4. The zero-order chi connectivity index (χ0) is 25.3. The Kier molecular flexibility index (Phi) is 6.49. The molecule has 0 unspecified atom stereocenters. The van der Waals surface area contributed by atoms with Gasteiger partial charge in [0.15, 0.2) is 17.2 Å². The number of Topliss-reactive ketones (excluding diaryl/α,β-unsaturated/α-hetero) is 1. The second-order valence-corrected chi connectivity index (χ2v) is 9.50. The van der Waals surface area contributed by atoms with Crippen molar-refractivity contribution >= 4 is 28.8 Å². The number of anilines is 1. The van der Waals surface area contributed by atoms with E-state index in [4.69, 9.17) is 9.47 Å². The maximum absolute atomic E-state index is 13.1. The average Bonchev–Trinajstić information content (AvgIpc) is 3.33. The molecule has 0 radical (unpaired) electrons. The first-order chi connectivity index (χ1) is 17.4. The average molecular weight is 490 g/mol. The van der Waals surface area contributed by atoms with Gasteiger partial charge < -0.3 is 19.3 Å². The maximum atomic E-state index is 13.1. The van der Waals surface area contributed by atoms with Crippen LogP contribution < -0.4 is 4.90 Å². The number of benzene rings is 1. The minimum absolute atomic E-state index is 0.116. The van der Waals surface area contributed by atoms with Crippen LogP contribution in [0.15, 0.2) is 48.9 Å². The second-order valence-electron chi connectivity index (χ2n) is 9.50. The molecule has 2 aromatic heterocycles. The molecule has 1 saturated heterocycles. The number of carbonyl (C=O) groups excluding carboxylic acids is 2. The first-order valence-electron chi connectivity index (χ1n) is 12.2. The standard InChI is InChI=1S/C27H31N5O4/c1-19-4-6-20(7-5-19)8-9-24(33)27(36-3)16-31(17-27)25-23-14-22(15-32(23)29-18-28-25)21-10-12-30(13-11-21)26(34)35-2/h4-7,10,14-15,18H,8-9,11-13,16-17H2,1-3H3. The van der Waals surface area contributed by atoms with E-state index in [1.807, 2.05) is 10.7 Å². The van der Waals surface area contributed by atoms with Crippen molar-refractivity contribution in [3.63, 3.8) is 0 Å². The van der Waals surface area contributed by atoms with E-state index in [2.05, 4.69) is 58.3 Å². The third kappa shape index (κ3) is 4.46. The number of ketones is 1. The number of hydrogen-bond donors (Lipinski definition) is 0. The van der Waals surface area contributed by atoms with Gasteiger partial charge in [0.25, 0.3) is 0 Å². The minimum atomic E-state index is -0.814. The summed E-state index contributed by atoms with van der Waals surface area (Å²) in [6.07, 6.45) is 7.13. The van der Waals surface area contributed by atoms with Crippen molar-refractivity contribution in [1.29, 1.82) is 0 Å². The number of methoxy groups -OCH3 is 2. The molecule has 36 heavy (non-hydrogen) atoms. The van der Waals surface area contributed by atoms with Crippen LogP contribution >= 0.6 is 0 Å². The highest BCUT2D eigenvalue weighted by Crippen LogP contribution is 2.35. The van der Waals surface area contributed by atoms with Gasteiger partial charge in [-0.1, -0.05) is 35.9 Å². The normalized spacial score (nSPS) is 17.0. The molecular weight excluding hydrogens is 458 g/mol. The highest BCUT2D eigenvalue weighted by atomic mass is 16.5. The summed E-state index contributed by atoms with van der Waals surface area (Å²) in [7, 11) is 3.01. The summed E-state index contributed by atoms with van der Waals surface area (Å²) in [5, 5.41) is 4.38. The van der Waals surface area contributed by atoms with Gasteiger partial charge in [-0.3, -0.25) is 4.79 Å². The molecule has 0 N–H and O–H groups in total. The van der Waals surface area contributed by atoms with Crippen molar-refractivity contribution in [3.8, 4) is 0 Å². The number of hydrogen-bond acceptors (Lipinski definition) is 7. The molecule has 1 fully saturated rings. The van der Waals surface area contributed by atoms with Crippen molar-refractivity contribution in [2.24, 2.45) is 0 Å². The number of ether oxygens (including phenoxy) is 2. The van der Waals surface area contributed by atoms with Crippen LogP contribution in [-0.4, -0.2) is 77.4 Å². The number of aromatic nitrogens is 3. The number of aryl methyl sites for hydroxylation is 2. The van der Waals surface area contributed by atoms with Crippen molar-refractivity contribution in [2.45, 2.75) is 31.8 Å². The van der Waals surface area contributed by atoms with E-state index in [9.17, 15) is 9.59 Å². The summed E-state index contributed by atoms with van der Waals surface area (Å²) in [5.74, 6) is 0.897. The Bertz CT molecular complexity index is 1310. The number of rotatable bonds is 7. The molecule has 4 heterocycles. The highest BCUT2D eigenvalue weighted by Gasteiger charge is 2.50. The lowest BCUT2D eigenvalue weighted by Gasteiger charge is -2.48. The van der Waals surface area contributed by atoms with Gasteiger partial charge >= 0.3 is 6.09 Å². The first kappa shape index (κ1) is 24.0. The number of carbonyl (C=O) groups is 2. The molecule has 0 saturated carbocycles. The van der Waals surface area contributed by atoms with E-state index in [1.54, 1.807) is 12.0 Å². The summed E-state index contributed by atoms with van der Waals surface area (Å²) in [4.78, 5) is 33.2. The van der Waals surface area contributed by atoms with Crippen LogP contribution in [-0.2, 0) is 20.7 Å². The summed E-state index contributed by atoms with van der Waals surface area (Å²) in [6, 6.07) is 10.4. The first-order valence-corrected chi connectivity index (χ1v) is 12.2. The summed E-state index contributed by atoms with van der Waals surface area (Å²) in [5.41, 5.74) is 4.63. The highest BCUT2D eigenvalue weighted by molar-refractivity contribution is 5.92. The molecule has 188 valence electrons. The lowest BCUT2D eigenvalue weighted by Crippen LogP contribution is -2.67. The van der Waals surface area contributed by atoms with Crippen LogP contribution in [0.3, 0.4) is 0 Å². The molecule has 0 bridgehead atoms. The van der Waals surface area contributed by atoms with Crippen LogP contribution in [0.2, 0.25) is 0 Å². The maximum Gasteiger partial charge on any atom is 0.409 e. The molecule has 1 aromatic carbocycles. The molecule has 9 heteroatoms. The fraction of sp³-hybridized carbons (Fsp3) is 0.407. The lowest BCUT2D eigenvalue weighted by molar-refractivity contribution is -0.144. The van der Waals surface area contributed by atoms with Gasteiger partial charge in [0, 0.05) is 32.8 Å². The topological polar surface area (TPSA) is 89.3 Å². The second kappa shape index (κ2) is 9.73. The zero-order valence-corrected chi connectivity index (χ0v) is 20.9. The quantitative estimate of drug-likeness (QED) is 0.503. The molecule has 5 rings (SSSR count). The molecule has 9 nitrogen and oxygen atoms in total. The van der Waals surface area contributed by atoms with Gasteiger partial charge in [-0.25, -0.2) is 14.3 Å². The Hall–Kier alpha value is -3.72. The SMILES string of the molecule is COC(=O)N1CC=C(c2cc3c(N4CC(OC)(C(=O)CCc5ccc(C)cc5)C4)ncnn3c2)CC1. The van der Waals surface area contributed by atoms with E-state index < -0.39 is 5.60 Å². The molecular formula is C27H31N5O4. The Balaban J connectivity index is 1.28. The largest absolute Gasteiger partial charge is 0.453 e. The van der Waals surface area contributed by atoms with Gasteiger partial charge in [-0.15, -0.1) is 0 Å². The van der Waals surface area contributed by atoms with Crippen LogP contribution in [0.4, 0.5) is 10.6 Å². The van der Waals surface area contributed by atoms with Crippen molar-refractivity contribution in [3.05, 3.63) is 65.6 Å². The molecule has 3 aromatic rings. The van der Waals surface area contributed by atoms with Crippen molar-refractivity contribution in [2.75, 3.05) is 45.3 Å². The van der Waals surface area contributed by atoms with E-state index >= 15 is 0 Å². The van der Waals surface area contributed by atoms with Crippen molar-refractivity contribution in [1.82, 2.24) is 19.5 Å². The summed E-state index contributed by atoms with van der Waals surface area (Å²) in [6.45, 7) is 4.09. The Labute approximate surface area is 210 Å². The predicted molar refractivity (Wildman–Crippen MR) is 136 cm³/mol. The number of amides is 1. The third-order valence-corrected chi connectivity index (χ3v) is 7.25. The van der Waals surface area contributed by atoms with Gasteiger partial charge in [0.05, 0.1) is 20.2 Å². The van der Waals surface area contributed by atoms with Gasteiger partial charge in [-0.2, -0.15) is 5.10 Å². The van der Waals surface area contributed by atoms with E-state index in [1.165, 1.54) is 19.0 Å². The van der Waals surface area contributed by atoms with E-state index in [0.717, 1.165) is 34.5 Å². The fourth-order valence-corrected chi connectivity index (χ4v) is 4.94. The molecule has 0 spiro atoms. The Morgan fingerprint density at radius 2 is 1.92 bits per heavy atom. The van der Waals surface area contributed by atoms with Gasteiger partial charge in [0.1, 0.15) is 11.8 Å². The third-order valence-electron chi connectivity index (χ3n) is 7.25. The zero-order valence-electron chi connectivity index (χ0n) is 20.9. The predicted octanol–water partition coefficient (Wildman–Crippen LogP) is 3.30. The lowest BCUT2D eigenvalue weighted by atomic mass is 9.86. The Morgan fingerprint density at radius 1 is 1.14 bits per heavy atom. The van der Waals surface area contributed by atoms with Gasteiger partial charge in [-0.05, 0) is 42.5 Å². The molecule has 2 aliphatic heterocycles. The van der Waals surface area contributed by atoms with Crippen molar-refractivity contribution < 1.29 is 19.1 Å². The van der Waals surface area contributed by atoms with Gasteiger partial charge in [0.2, 0.25) is 0 Å². The Morgan fingerprint density at radius 3 is 2.58 bits per heavy atom. The minimum Gasteiger partial charge on any atom is -0.453 e. The smallest absolute Gasteiger partial charge is 0.409 e.